The summed E-state index contributed by atoms with van der Waals surface area (Å²) >= 11 is 12.3. The Bertz CT molecular complexity index is 982. The number of halogens is 2. The molecule has 1 heterocycles. The van der Waals surface area contributed by atoms with Crippen LogP contribution >= 0.6 is 23.2 Å². The summed E-state index contributed by atoms with van der Waals surface area (Å²) in [4.78, 5) is 15.6. The first kappa shape index (κ1) is 23.4. The van der Waals surface area contributed by atoms with Crippen LogP contribution in [0.5, 0.6) is 0 Å². The highest BCUT2D eigenvalue weighted by Crippen LogP contribution is 2.66. The number of hydrogen-bond acceptors (Lipinski definition) is 2. The Hall–Kier alpha value is -1.23. The minimum absolute atomic E-state index is 0.0328. The molecule has 2 aromatic rings. The molecule has 166 valence electrons. The molecule has 30 heavy (non-hydrogen) atoms. The van der Waals surface area contributed by atoms with Crippen molar-refractivity contribution in [1.82, 2.24) is 14.3 Å². The lowest BCUT2D eigenvalue weighted by Gasteiger charge is -2.36. The van der Waals surface area contributed by atoms with Crippen molar-refractivity contribution in [2.45, 2.75) is 65.7 Å². The van der Waals surface area contributed by atoms with E-state index in [0.29, 0.717) is 21.7 Å². The van der Waals surface area contributed by atoms with Crippen LogP contribution in [0.3, 0.4) is 0 Å². The summed E-state index contributed by atoms with van der Waals surface area (Å²) in [6, 6.07) is 5.27. The molecule has 4 rings (SSSR count). The Morgan fingerprint density at radius 1 is 1.10 bits per heavy atom. The van der Waals surface area contributed by atoms with Gasteiger partial charge < -0.3 is 4.90 Å². The third-order valence-corrected chi connectivity index (χ3v) is 8.42. The van der Waals surface area contributed by atoms with Crippen LogP contribution < -0.4 is 5.56 Å². The predicted octanol–water partition coefficient (Wildman–Crippen LogP) is 6.01. The van der Waals surface area contributed by atoms with E-state index < -0.39 is 0 Å². The molecular formula is C24H35Cl2N3O. The fourth-order valence-electron chi connectivity index (χ4n) is 5.62. The van der Waals surface area contributed by atoms with Crippen molar-refractivity contribution in [3.63, 3.8) is 0 Å². The second-order valence-electron chi connectivity index (χ2n) is 9.26. The van der Waals surface area contributed by atoms with Crippen molar-refractivity contribution >= 4 is 23.2 Å². The smallest absolute Gasteiger partial charge is 0.275 e. The third-order valence-electron chi connectivity index (χ3n) is 7.88. The first-order chi connectivity index (χ1) is 14.0. The Kier molecular flexibility index (Phi) is 6.54. The molecule has 1 aromatic carbocycles. The van der Waals surface area contributed by atoms with Crippen LogP contribution in [0.4, 0.5) is 0 Å². The molecule has 4 nitrogen and oxygen atoms in total. The van der Waals surface area contributed by atoms with Crippen molar-refractivity contribution in [2.24, 2.45) is 12.5 Å². The molecule has 2 bridgehead atoms. The Labute approximate surface area is 190 Å². The minimum Gasteiger partial charge on any atom is -0.304 e. The van der Waals surface area contributed by atoms with Gasteiger partial charge in [-0.05, 0) is 62.0 Å². The maximum Gasteiger partial charge on any atom is 0.275 e. The van der Waals surface area contributed by atoms with E-state index in [-0.39, 0.29) is 16.4 Å². The largest absolute Gasteiger partial charge is 0.304 e. The fraction of sp³-hybridized carbons (Fsp3) is 0.625. The van der Waals surface area contributed by atoms with Crippen LogP contribution in [0.2, 0.25) is 10.0 Å². The molecule has 2 atom stereocenters. The number of benzene rings is 1. The summed E-state index contributed by atoms with van der Waals surface area (Å²) < 4.78 is 3.71. The van der Waals surface area contributed by atoms with Crippen molar-refractivity contribution in [1.29, 1.82) is 0 Å². The Morgan fingerprint density at radius 3 is 2.17 bits per heavy atom. The van der Waals surface area contributed by atoms with E-state index >= 15 is 0 Å². The van der Waals surface area contributed by atoms with Gasteiger partial charge >= 0.3 is 0 Å². The third kappa shape index (κ3) is 3.36. The number of nitrogens with zero attached hydrogens (tertiary/aromatic N) is 3. The number of rotatable bonds is 4. The van der Waals surface area contributed by atoms with Gasteiger partial charge in [0.2, 0.25) is 0 Å². The van der Waals surface area contributed by atoms with Crippen molar-refractivity contribution in [3.05, 3.63) is 49.9 Å². The predicted molar refractivity (Wildman–Crippen MR) is 128 cm³/mol. The van der Waals surface area contributed by atoms with Gasteiger partial charge in [0.15, 0.2) is 0 Å². The SMILES string of the molecule is CCN(CC)CC.Cn1c2c(c(=O)n1-c1ccc(Cl)cc1Cl)[C@H]1CC[C@]2(C)C1(C)C. The molecule has 0 saturated heterocycles. The van der Waals surface area contributed by atoms with Gasteiger partial charge in [-0.3, -0.25) is 9.48 Å². The van der Waals surface area contributed by atoms with Crippen LogP contribution in [0.25, 0.3) is 5.69 Å². The van der Waals surface area contributed by atoms with E-state index in [1.807, 2.05) is 17.8 Å². The first-order valence-corrected chi connectivity index (χ1v) is 11.8. The second kappa shape index (κ2) is 8.37. The molecule has 0 radical (unpaired) electrons. The maximum atomic E-state index is 13.2. The summed E-state index contributed by atoms with van der Waals surface area (Å²) in [6.45, 7) is 17.0. The zero-order chi connectivity index (χ0) is 22.4. The van der Waals surface area contributed by atoms with Gasteiger partial charge in [-0.1, -0.05) is 64.7 Å². The lowest BCUT2D eigenvalue weighted by Crippen LogP contribution is -2.35. The zero-order valence-electron chi connectivity index (χ0n) is 19.4. The Morgan fingerprint density at radius 2 is 1.70 bits per heavy atom. The summed E-state index contributed by atoms with van der Waals surface area (Å²) in [7, 11) is 1.97. The molecule has 0 amide bonds. The summed E-state index contributed by atoms with van der Waals surface area (Å²) in [5.41, 5.74) is 3.07. The highest BCUT2D eigenvalue weighted by molar-refractivity contribution is 6.35. The molecule has 2 aliphatic carbocycles. The standard InChI is InChI=1S/C18H20Cl2N2O.C6H15N/c1-17(2)11-7-8-18(17,3)15-14(11)16(23)22(21(15)4)13-6-5-10(19)9-12(13)20;1-4-7(5-2)6-3/h5-6,9,11H,7-8H2,1-4H3;4-6H2,1-3H3/t11-,18+;/m1./s1. The van der Waals surface area contributed by atoms with Crippen LogP contribution in [0.1, 0.15) is 71.6 Å². The van der Waals surface area contributed by atoms with E-state index in [1.165, 1.54) is 25.3 Å². The summed E-state index contributed by atoms with van der Waals surface area (Å²) in [5, 5.41) is 1.07. The van der Waals surface area contributed by atoms with E-state index in [0.717, 1.165) is 18.4 Å². The average Bonchev–Trinajstić information content (AvgIpc) is 3.16. The van der Waals surface area contributed by atoms with E-state index in [2.05, 4.69) is 46.4 Å². The van der Waals surface area contributed by atoms with Crippen molar-refractivity contribution in [3.8, 4) is 5.69 Å². The Balaban J connectivity index is 0.000000318. The lowest BCUT2D eigenvalue weighted by molar-refractivity contribution is 0.218. The van der Waals surface area contributed by atoms with Crippen LogP contribution in [0, 0.1) is 5.41 Å². The molecule has 6 heteroatoms. The van der Waals surface area contributed by atoms with Gasteiger partial charge in [0.1, 0.15) is 0 Å². The van der Waals surface area contributed by atoms with Gasteiger partial charge in [-0.2, -0.15) is 0 Å². The average molecular weight is 452 g/mol. The molecule has 2 aliphatic rings. The zero-order valence-corrected chi connectivity index (χ0v) is 20.9. The van der Waals surface area contributed by atoms with Crippen molar-refractivity contribution in [2.75, 3.05) is 19.6 Å². The second-order valence-corrected chi connectivity index (χ2v) is 10.1. The topological polar surface area (TPSA) is 30.2 Å². The lowest BCUT2D eigenvalue weighted by atomic mass is 9.70. The van der Waals surface area contributed by atoms with Gasteiger partial charge in [0, 0.05) is 23.0 Å². The molecule has 0 unspecified atom stereocenters. The van der Waals surface area contributed by atoms with Gasteiger partial charge in [-0.25, -0.2) is 4.68 Å². The minimum atomic E-state index is 0.0328. The van der Waals surface area contributed by atoms with Gasteiger partial charge in [-0.15, -0.1) is 0 Å². The molecular weight excluding hydrogens is 417 g/mol. The highest BCUT2D eigenvalue weighted by Gasteiger charge is 2.62. The monoisotopic (exact) mass is 451 g/mol. The van der Waals surface area contributed by atoms with Crippen LogP contribution in [0.15, 0.2) is 23.0 Å². The molecule has 0 spiro atoms. The quantitative estimate of drug-likeness (QED) is 0.569. The van der Waals surface area contributed by atoms with E-state index in [1.54, 1.807) is 16.8 Å². The van der Waals surface area contributed by atoms with E-state index in [9.17, 15) is 4.79 Å². The van der Waals surface area contributed by atoms with Crippen LogP contribution in [-0.4, -0.2) is 33.9 Å². The van der Waals surface area contributed by atoms with Gasteiger partial charge in [0.05, 0.1) is 16.4 Å². The molecule has 1 saturated carbocycles. The normalized spacial score (nSPS) is 23.5. The number of hydrogen-bond donors (Lipinski definition) is 0. The van der Waals surface area contributed by atoms with Crippen molar-refractivity contribution < 1.29 is 0 Å². The summed E-state index contributed by atoms with van der Waals surface area (Å²) in [6.07, 6.45) is 2.22. The summed E-state index contributed by atoms with van der Waals surface area (Å²) in [5.74, 6) is 0.327. The molecule has 0 N–H and O–H groups in total. The number of fused-ring (bicyclic) bond motifs is 5. The number of aromatic nitrogens is 2. The molecule has 0 aliphatic heterocycles. The van der Waals surface area contributed by atoms with E-state index in [4.69, 9.17) is 23.2 Å². The fourth-order valence-corrected chi connectivity index (χ4v) is 6.11. The van der Waals surface area contributed by atoms with Gasteiger partial charge in [0.25, 0.3) is 5.56 Å². The highest BCUT2D eigenvalue weighted by atomic mass is 35.5. The first-order valence-electron chi connectivity index (χ1n) is 11.0. The van der Waals surface area contributed by atoms with Crippen LogP contribution in [-0.2, 0) is 12.5 Å². The maximum absolute atomic E-state index is 13.2. The molecule has 1 fully saturated rings. The molecule has 1 aromatic heterocycles.